The van der Waals surface area contributed by atoms with Crippen LogP contribution in [0.1, 0.15) is 38.1 Å². The van der Waals surface area contributed by atoms with E-state index < -0.39 is 23.6 Å². The number of carbonyl (C=O) groups is 1. The third-order valence-electron chi connectivity index (χ3n) is 5.65. The smallest absolute Gasteiger partial charge is 0.329 e. The quantitative estimate of drug-likeness (QED) is 0.493. The molecule has 1 aliphatic carbocycles. The van der Waals surface area contributed by atoms with E-state index in [1.807, 2.05) is 0 Å². The second-order valence-corrected chi connectivity index (χ2v) is 7.87. The van der Waals surface area contributed by atoms with Crippen LogP contribution in [0.3, 0.4) is 0 Å². The van der Waals surface area contributed by atoms with Gasteiger partial charge in [-0.05, 0) is 43.0 Å². The van der Waals surface area contributed by atoms with Crippen LogP contribution in [0, 0.1) is 17.6 Å². The number of imidazole rings is 1. The molecule has 0 bridgehead atoms. The van der Waals surface area contributed by atoms with Gasteiger partial charge in [-0.25, -0.2) is 18.6 Å². The van der Waals surface area contributed by atoms with E-state index in [0.717, 1.165) is 44.2 Å². The van der Waals surface area contributed by atoms with Gasteiger partial charge in [0.1, 0.15) is 11.9 Å². The molecular weight excluding hydrogens is 398 g/mol. The van der Waals surface area contributed by atoms with Gasteiger partial charge in [0, 0.05) is 22.7 Å². The Morgan fingerprint density at radius 1 is 1.14 bits per heavy atom. The second kappa shape index (κ2) is 8.11. The molecular formula is C22H21ClF2N2O2. The van der Waals surface area contributed by atoms with E-state index in [-0.39, 0.29) is 5.92 Å². The highest BCUT2D eigenvalue weighted by molar-refractivity contribution is 6.30. The summed E-state index contributed by atoms with van der Waals surface area (Å²) in [6, 6.07) is 8.50. The van der Waals surface area contributed by atoms with E-state index in [1.54, 1.807) is 28.8 Å². The summed E-state index contributed by atoms with van der Waals surface area (Å²) in [6.45, 7) is 0. The van der Waals surface area contributed by atoms with E-state index in [4.69, 9.17) is 16.3 Å². The minimum absolute atomic E-state index is 0.0350. The van der Waals surface area contributed by atoms with Gasteiger partial charge >= 0.3 is 5.97 Å². The molecule has 0 radical (unpaired) electrons. The van der Waals surface area contributed by atoms with Crippen LogP contribution < -0.4 is 0 Å². The topological polar surface area (TPSA) is 44.1 Å². The maximum Gasteiger partial charge on any atom is 0.329 e. The lowest BCUT2D eigenvalue weighted by molar-refractivity contribution is -0.146. The van der Waals surface area contributed by atoms with Crippen LogP contribution in [0.4, 0.5) is 8.78 Å². The van der Waals surface area contributed by atoms with Gasteiger partial charge in [-0.1, -0.05) is 30.9 Å². The standard InChI is InChI=1S/C22H21ClF2N2O2/c1-29-22(28)20(13-5-3-2-4-6-13)27-19-12-17(25)16(24)11-18(19)26-21(27)14-7-9-15(23)10-8-14/h7-13,20H,2-6H2,1H3. The molecule has 3 aromatic rings. The Labute approximate surface area is 172 Å². The highest BCUT2D eigenvalue weighted by Gasteiger charge is 2.35. The van der Waals surface area contributed by atoms with Crippen molar-refractivity contribution in [1.29, 1.82) is 0 Å². The molecule has 1 heterocycles. The molecule has 1 aliphatic rings. The highest BCUT2D eigenvalue weighted by atomic mass is 35.5. The van der Waals surface area contributed by atoms with E-state index >= 15 is 0 Å². The molecule has 29 heavy (non-hydrogen) atoms. The lowest BCUT2D eigenvalue weighted by atomic mass is 9.83. The number of fused-ring (bicyclic) bond motifs is 1. The Balaban J connectivity index is 1.98. The van der Waals surface area contributed by atoms with Crippen molar-refractivity contribution in [2.24, 2.45) is 5.92 Å². The lowest BCUT2D eigenvalue weighted by Gasteiger charge is -2.30. The summed E-state index contributed by atoms with van der Waals surface area (Å²) in [5.41, 5.74) is 1.37. The molecule has 0 saturated heterocycles. The number of nitrogens with zero attached hydrogens (tertiary/aromatic N) is 2. The van der Waals surface area contributed by atoms with Crippen LogP contribution in [0.25, 0.3) is 22.4 Å². The number of ether oxygens (including phenoxy) is 1. The van der Waals surface area contributed by atoms with Crippen molar-refractivity contribution in [2.75, 3.05) is 7.11 Å². The van der Waals surface area contributed by atoms with Gasteiger partial charge in [0.2, 0.25) is 0 Å². The average molecular weight is 419 g/mol. The first-order valence-corrected chi connectivity index (χ1v) is 10.1. The van der Waals surface area contributed by atoms with Crippen LogP contribution in [0.2, 0.25) is 5.02 Å². The minimum atomic E-state index is -0.978. The third-order valence-corrected chi connectivity index (χ3v) is 5.90. The van der Waals surface area contributed by atoms with Crippen LogP contribution in [-0.4, -0.2) is 22.6 Å². The molecule has 7 heteroatoms. The first-order valence-electron chi connectivity index (χ1n) is 9.70. The Hall–Kier alpha value is -2.47. The lowest BCUT2D eigenvalue weighted by Crippen LogP contribution is -2.30. The highest BCUT2D eigenvalue weighted by Crippen LogP contribution is 2.39. The van der Waals surface area contributed by atoms with Crippen molar-refractivity contribution in [3.63, 3.8) is 0 Å². The molecule has 1 aromatic heterocycles. The largest absolute Gasteiger partial charge is 0.467 e. The molecule has 1 atom stereocenters. The first-order chi connectivity index (χ1) is 14.0. The summed E-state index contributed by atoms with van der Waals surface area (Å²) in [5, 5.41) is 0.560. The maximum absolute atomic E-state index is 14.1. The van der Waals surface area contributed by atoms with E-state index in [1.165, 1.54) is 7.11 Å². The van der Waals surface area contributed by atoms with E-state index in [2.05, 4.69) is 4.98 Å². The zero-order chi connectivity index (χ0) is 20.5. The second-order valence-electron chi connectivity index (χ2n) is 7.43. The fourth-order valence-corrected chi connectivity index (χ4v) is 4.38. The number of aromatic nitrogens is 2. The van der Waals surface area contributed by atoms with Gasteiger partial charge in [-0.15, -0.1) is 0 Å². The number of benzene rings is 2. The van der Waals surface area contributed by atoms with Crippen molar-refractivity contribution in [2.45, 2.75) is 38.1 Å². The summed E-state index contributed by atoms with van der Waals surface area (Å²) >= 11 is 6.02. The molecule has 4 rings (SSSR count). The first kappa shape index (κ1) is 19.8. The summed E-state index contributed by atoms with van der Waals surface area (Å²) in [7, 11) is 1.35. The summed E-state index contributed by atoms with van der Waals surface area (Å²) in [4.78, 5) is 17.4. The van der Waals surface area contributed by atoms with Gasteiger partial charge in [0.05, 0.1) is 18.1 Å². The van der Waals surface area contributed by atoms with E-state index in [9.17, 15) is 13.6 Å². The van der Waals surface area contributed by atoms with Gasteiger partial charge < -0.3 is 9.30 Å². The number of rotatable bonds is 4. The van der Waals surface area contributed by atoms with Crippen molar-refractivity contribution in [3.8, 4) is 11.4 Å². The SMILES string of the molecule is COC(=O)C(C1CCCCC1)n1c(-c2ccc(Cl)cc2)nc2cc(F)c(F)cc21. The van der Waals surface area contributed by atoms with Crippen molar-refractivity contribution in [3.05, 3.63) is 53.1 Å². The molecule has 0 amide bonds. The third kappa shape index (κ3) is 3.73. The summed E-state index contributed by atoms with van der Waals surface area (Å²) in [5.74, 6) is -1.86. The number of hydrogen-bond donors (Lipinski definition) is 0. The van der Waals surface area contributed by atoms with Crippen molar-refractivity contribution < 1.29 is 18.3 Å². The van der Waals surface area contributed by atoms with Gasteiger partial charge in [-0.3, -0.25) is 0 Å². The average Bonchev–Trinajstić information content (AvgIpc) is 3.07. The van der Waals surface area contributed by atoms with E-state index in [0.29, 0.717) is 27.4 Å². The van der Waals surface area contributed by atoms with Gasteiger partial charge in [-0.2, -0.15) is 0 Å². The van der Waals surface area contributed by atoms with Gasteiger partial charge in [0.15, 0.2) is 11.6 Å². The molecule has 152 valence electrons. The predicted molar refractivity (Wildman–Crippen MR) is 108 cm³/mol. The molecule has 1 fully saturated rings. The number of methoxy groups -OCH3 is 1. The Morgan fingerprint density at radius 2 is 1.79 bits per heavy atom. The van der Waals surface area contributed by atoms with Crippen LogP contribution in [0.5, 0.6) is 0 Å². The molecule has 0 aliphatic heterocycles. The number of esters is 1. The van der Waals surface area contributed by atoms with Crippen LogP contribution in [-0.2, 0) is 9.53 Å². The Bertz CT molecular complexity index is 1040. The van der Waals surface area contributed by atoms with Crippen molar-refractivity contribution in [1.82, 2.24) is 9.55 Å². The van der Waals surface area contributed by atoms with Crippen molar-refractivity contribution >= 4 is 28.6 Å². The maximum atomic E-state index is 14.1. The Kier molecular flexibility index (Phi) is 5.54. The zero-order valence-electron chi connectivity index (χ0n) is 16.0. The summed E-state index contributed by atoms with van der Waals surface area (Å²) < 4.78 is 34.9. The normalized spacial score (nSPS) is 16.1. The fourth-order valence-electron chi connectivity index (χ4n) is 4.25. The molecule has 1 unspecified atom stereocenters. The summed E-state index contributed by atoms with van der Waals surface area (Å²) in [6.07, 6.45) is 4.89. The molecule has 2 aromatic carbocycles. The number of hydrogen-bond acceptors (Lipinski definition) is 3. The fraction of sp³-hybridized carbons (Fsp3) is 0.364. The van der Waals surface area contributed by atoms with Crippen LogP contribution >= 0.6 is 11.6 Å². The molecule has 1 saturated carbocycles. The predicted octanol–water partition coefficient (Wildman–Crippen LogP) is 5.93. The molecule has 4 nitrogen and oxygen atoms in total. The monoisotopic (exact) mass is 418 g/mol. The number of halogens is 3. The molecule has 0 spiro atoms. The minimum Gasteiger partial charge on any atom is -0.467 e. The van der Waals surface area contributed by atoms with Crippen LogP contribution in [0.15, 0.2) is 36.4 Å². The molecule has 0 N–H and O–H groups in total. The zero-order valence-corrected chi connectivity index (χ0v) is 16.8. The Morgan fingerprint density at radius 3 is 2.45 bits per heavy atom. The van der Waals surface area contributed by atoms with Gasteiger partial charge in [0.25, 0.3) is 0 Å². The number of carbonyl (C=O) groups excluding carboxylic acids is 1.